The van der Waals surface area contributed by atoms with Gasteiger partial charge < -0.3 is 14.2 Å². The average Bonchev–Trinajstić information content (AvgIpc) is 2.74. The van der Waals surface area contributed by atoms with Crippen molar-refractivity contribution in [1.82, 2.24) is 0 Å². The summed E-state index contributed by atoms with van der Waals surface area (Å²) in [5, 5.41) is 0. The number of hydrogen-bond donors (Lipinski definition) is 0. The highest BCUT2D eigenvalue weighted by atomic mass is 19.3. The van der Waals surface area contributed by atoms with Gasteiger partial charge in [0.2, 0.25) is 0 Å². The fraction of sp³-hybridized carbons (Fsp3) is 0.938. The first-order valence-corrected chi connectivity index (χ1v) is 8.32. The van der Waals surface area contributed by atoms with E-state index in [4.69, 9.17) is 9.47 Å². The van der Waals surface area contributed by atoms with Crippen molar-refractivity contribution >= 4 is 5.97 Å². The van der Waals surface area contributed by atoms with Crippen LogP contribution in [0.3, 0.4) is 0 Å². The van der Waals surface area contributed by atoms with Crippen LogP contribution in [-0.4, -0.2) is 32.1 Å². The Kier molecular flexibility index (Phi) is 7.02. The van der Waals surface area contributed by atoms with E-state index in [1.807, 2.05) is 0 Å². The summed E-state index contributed by atoms with van der Waals surface area (Å²) in [4.78, 5) is 10.9. The summed E-state index contributed by atoms with van der Waals surface area (Å²) in [7, 11) is 0. The van der Waals surface area contributed by atoms with E-state index in [0.717, 1.165) is 12.3 Å². The van der Waals surface area contributed by atoms with Crippen molar-refractivity contribution in [3.63, 3.8) is 0 Å². The van der Waals surface area contributed by atoms with E-state index >= 15 is 0 Å². The zero-order valence-electron chi connectivity index (χ0n) is 13.1. The summed E-state index contributed by atoms with van der Waals surface area (Å²) < 4.78 is 39.4. The van der Waals surface area contributed by atoms with Crippen LogP contribution >= 0.6 is 0 Å². The molecule has 2 fully saturated rings. The summed E-state index contributed by atoms with van der Waals surface area (Å²) in [6.45, 7) is 1.72. The molecule has 1 aliphatic carbocycles. The van der Waals surface area contributed by atoms with Crippen LogP contribution in [0.2, 0.25) is 0 Å². The van der Waals surface area contributed by atoms with Crippen molar-refractivity contribution in [2.45, 2.75) is 64.8 Å². The third-order valence-electron chi connectivity index (χ3n) is 4.83. The van der Waals surface area contributed by atoms with Crippen molar-refractivity contribution in [3.05, 3.63) is 0 Å². The second-order valence-electron chi connectivity index (χ2n) is 6.35. The number of esters is 1. The first kappa shape index (κ1) is 17.6. The molecule has 1 heterocycles. The fourth-order valence-electron chi connectivity index (χ4n) is 3.59. The maximum absolute atomic E-state index is 12.2. The van der Waals surface area contributed by atoms with E-state index in [9.17, 15) is 13.6 Å². The van der Waals surface area contributed by atoms with Gasteiger partial charge in [0.25, 0.3) is 0 Å². The number of rotatable bonds is 5. The lowest BCUT2D eigenvalue weighted by Crippen LogP contribution is -2.28. The van der Waals surface area contributed by atoms with Gasteiger partial charge in [0, 0.05) is 0 Å². The Hall–Kier alpha value is -0.750. The molecular weight excluding hydrogens is 294 g/mol. The standard InChI is InChI=1S/C16H26F2O4/c1-2-3-11-4-6-12(7-5-11)13-8-9-20-16(21-10-13)22-15(19)14(17)18/h11-14,16H,2-10H2,1H3. The molecule has 0 aromatic carbocycles. The van der Waals surface area contributed by atoms with Gasteiger partial charge in [-0.15, -0.1) is 0 Å². The van der Waals surface area contributed by atoms with E-state index < -0.39 is 18.9 Å². The molecule has 0 aromatic heterocycles. The molecule has 4 nitrogen and oxygen atoms in total. The Morgan fingerprint density at radius 2 is 1.86 bits per heavy atom. The van der Waals surface area contributed by atoms with Crippen molar-refractivity contribution in [2.24, 2.45) is 17.8 Å². The normalized spacial score (nSPS) is 33.5. The summed E-state index contributed by atoms with van der Waals surface area (Å²) in [5.74, 6) is 0.214. The molecule has 0 radical (unpaired) electrons. The zero-order chi connectivity index (χ0) is 15.9. The molecule has 1 saturated carbocycles. The van der Waals surface area contributed by atoms with Crippen LogP contribution < -0.4 is 0 Å². The number of alkyl halides is 2. The summed E-state index contributed by atoms with van der Waals surface area (Å²) >= 11 is 0. The third-order valence-corrected chi connectivity index (χ3v) is 4.83. The number of hydrogen-bond acceptors (Lipinski definition) is 4. The molecule has 1 saturated heterocycles. The largest absolute Gasteiger partial charge is 0.406 e. The lowest BCUT2D eigenvalue weighted by Gasteiger charge is -2.33. The van der Waals surface area contributed by atoms with Gasteiger partial charge >= 0.3 is 18.9 Å². The zero-order valence-corrected chi connectivity index (χ0v) is 13.1. The second-order valence-corrected chi connectivity index (χ2v) is 6.35. The number of ether oxygens (including phenoxy) is 3. The van der Waals surface area contributed by atoms with Gasteiger partial charge in [0.15, 0.2) is 0 Å². The van der Waals surface area contributed by atoms with Crippen molar-refractivity contribution in [3.8, 4) is 0 Å². The maximum Gasteiger partial charge on any atom is 0.377 e. The highest BCUT2D eigenvalue weighted by molar-refractivity contribution is 5.72. The predicted octanol–water partition coefficient (Wildman–Crippen LogP) is 3.74. The molecular formula is C16H26F2O4. The first-order valence-electron chi connectivity index (χ1n) is 8.32. The van der Waals surface area contributed by atoms with Gasteiger partial charge in [-0.1, -0.05) is 32.6 Å². The summed E-state index contributed by atoms with van der Waals surface area (Å²) in [6.07, 6.45) is 5.14. The van der Waals surface area contributed by atoms with Crippen LogP contribution in [0.5, 0.6) is 0 Å². The minimum atomic E-state index is -3.15. The van der Waals surface area contributed by atoms with E-state index in [1.54, 1.807) is 0 Å². The number of carbonyl (C=O) groups excluding carboxylic acids is 1. The van der Waals surface area contributed by atoms with E-state index in [0.29, 0.717) is 25.0 Å². The molecule has 0 N–H and O–H groups in total. The van der Waals surface area contributed by atoms with E-state index in [2.05, 4.69) is 11.7 Å². The minimum absolute atomic E-state index is 0.359. The van der Waals surface area contributed by atoms with Crippen LogP contribution in [0.4, 0.5) is 8.78 Å². The molecule has 0 bridgehead atoms. The van der Waals surface area contributed by atoms with Crippen LogP contribution in [0, 0.1) is 17.8 Å². The Morgan fingerprint density at radius 1 is 1.14 bits per heavy atom. The Morgan fingerprint density at radius 3 is 2.50 bits per heavy atom. The SMILES string of the molecule is CCCC1CCC(C2CCOC(OC(=O)C(F)F)OC2)CC1. The highest BCUT2D eigenvalue weighted by Gasteiger charge is 2.32. The quantitative estimate of drug-likeness (QED) is 0.724. The van der Waals surface area contributed by atoms with Crippen molar-refractivity contribution in [2.75, 3.05) is 13.2 Å². The lowest BCUT2D eigenvalue weighted by molar-refractivity contribution is -0.274. The number of carbonyl (C=O) groups is 1. The topological polar surface area (TPSA) is 44.8 Å². The second kappa shape index (κ2) is 8.77. The first-order chi connectivity index (χ1) is 10.6. The summed E-state index contributed by atoms with van der Waals surface area (Å²) in [6, 6.07) is 0. The molecule has 0 amide bonds. The van der Waals surface area contributed by atoms with Crippen LogP contribution in [0.1, 0.15) is 51.9 Å². The van der Waals surface area contributed by atoms with Gasteiger partial charge in [0.1, 0.15) is 0 Å². The van der Waals surface area contributed by atoms with Gasteiger partial charge in [-0.05, 0) is 37.0 Å². The minimum Gasteiger partial charge on any atom is -0.406 e. The molecule has 0 aromatic rings. The van der Waals surface area contributed by atoms with Gasteiger partial charge in [-0.2, -0.15) is 8.78 Å². The third kappa shape index (κ3) is 5.16. The maximum atomic E-state index is 12.2. The average molecular weight is 320 g/mol. The van der Waals surface area contributed by atoms with Crippen molar-refractivity contribution in [1.29, 1.82) is 0 Å². The molecule has 128 valence electrons. The lowest BCUT2D eigenvalue weighted by atomic mass is 9.74. The molecule has 0 spiro atoms. The molecule has 22 heavy (non-hydrogen) atoms. The molecule has 2 aliphatic rings. The van der Waals surface area contributed by atoms with Gasteiger partial charge in [-0.3, -0.25) is 0 Å². The smallest absolute Gasteiger partial charge is 0.377 e. The molecule has 2 unspecified atom stereocenters. The van der Waals surface area contributed by atoms with Gasteiger partial charge in [-0.25, -0.2) is 4.79 Å². The van der Waals surface area contributed by atoms with Gasteiger partial charge in [0.05, 0.1) is 13.2 Å². The van der Waals surface area contributed by atoms with Crippen molar-refractivity contribution < 1.29 is 27.8 Å². The van der Waals surface area contributed by atoms with Crippen LogP contribution in [0.15, 0.2) is 0 Å². The van der Waals surface area contributed by atoms with Crippen LogP contribution in [-0.2, 0) is 19.0 Å². The fourth-order valence-corrected chi connectivity index (χ4v) is 3.59. The summed E-state index contributed by atoms with van der Waals surface area (Å²) in [5.41, 5.74) is 0. The van der Waals surface area contributed by atoms with E-state index in [-0.39, 0.29) is 0 Å². The Balaban J connectivity index is 1.75. The van der Waals surface area contributed by atoms with E-state index in [1.165, 1.54) is 38.5 Å². The molecule has 2 atom stereocenters. The monoisotopic (exact) mass is 320 g/mol. The molecule has 6 heteroatoms. The Labute approximate surface area is 130 Å². The predicted molar refractivity (Wildman–Crippen MR) is 76.3 cm³/mol. The Bertz CT molecular complexity index is 343. The highest BCUT2D eigenvalue weighted by Crippen LogP contribution is 2.37. The molecule has 2 rings (SSSR count). The molecule has 1 aliphatic heterocycles. The number of halogens is 2. The van der Waals surface area contributed by atoms with Crippen LogP contribution in [0.25, 0.3) is 0 Å².